The van der Waals surface area contributed by atoms with Gasteiger partial charge in [-0.2, -0.15) is 0 Å². The SMILES string of the molecule is CC(=O)N1C[C@H](F)C(=O)Nc2ccccc21.Cc1ccccc1. The van der Waals surface area contributed by atoms with Crippen molar-refractivity contribution in [3.05, 3.63) is 60.2 Å². The van der Waals surface area contributed by atoms with Crippen LogP contribution in [0.25, 0.3) is 0 Å². The van der Waals surface area contributed by atoms with Crippen LogP contribution >= 0.6 is 0 Å². The third-order valence-corrected chi connectivity index (χ3v) is 3.40. The van der Waals surface area contributed by atoms with Crippen LogP contribution in [0.3, 0.4) is 0 Å². The molecule has 0 spiro atoms. The summed E-state index contributed by atoms with van der Waals surface area (Å²) in [5.74, 6) is -0.997. The van der Waals surface area contributed by atoms with E-state index in [2.05, 4.69) is 24.4 Å². The summed E-state index contributed by atoms with van der Waals surface area (Å²) < 4.78 is 13.4. The summed E-state index contributed by atoms with van der Waals surface area (Å²) in [6.07, 6.45) is -1.70. The Hall–Kier alpha value is -2.69. The van der Waals surface area contributed by atoms with Gasteiger partial charge in [0, 0.05) is 6.92 Å². The summed E-state index contributed by atoms with van der Waals surface area (Å²) in [5, 5.41) is 2.45. The number of fused-ring (bicyclic) bond motifs is 1. The smallest absolute Gasteiger partial charge is 0.260 e. The Morgan fingerprint density at radius 2 is 1.74 bits per heavy atom. The van der Waals surface area contributed by atoms with Crippen LogP contribution in [-0.4, -0.2) is 24.5 Å². The average molecular weight is 314 g/mol. The van der Waals surface area contributed by atoms with E-state index in [1.807, 2.05) is 18.2 Å². The van der Waals surface area contributed by atoms with E-state index < -0.39 is 12.1 Å². The zero-order valence-electron chi connectivity index (χ0n) is 13.1. The van der Waals surface area contributed by atoms with Crippen molar-refractivity contribution in [1.29, 1.82) is 0 Å². The monoisotopic (exact) mass is 314 g/mol. The summed E-state index contributed by atoms with van der Waals surface area (Å²) in [6, 6.07) is 17.0. The fourth-order valence-corrected chi connectivity index (χ4v) is 2.20. The number of hydrogen-bond donors (Lipinski definition) is 1. The number of anilines is 2. The highest BCUT2D eigenvalue weighted by Crippen LogP contribution is 2.28. The van der Waals surface area contributed by atoms with Crippen molar-refractivity contribution in [2.75, 3.05) is 16.8 Å². The van der Waals surface area contributed by atoms with Gasteiger partial charge in [0.05, 0.1) is 17.9 Å². The number of nitrogens with one attached hydrogen (secondary N) is 1. The minimum atomic E-state index is -1.70. The summed E-state index contributed by atoms with van der Waals surface area (Å²) >= 11 is 0. The zero-order chi connectivity index (χ0) is 16.8. The molecule has 2 aromatic carbocycles. The lowest BCUT2D eigenvalue weighted by Gasteiger charge is -2.20. The first kappa shape index (κ1) is 16.7. The maximum absolute atomic E-state index is 13.4. The number of aryl methyl sites for hydroxylation is 1. The van der Waals surface area contributed by atoms with Gasteiger partial charge in [-0.15, -0.1) is 0 Å². The lowest BCUT2D eigenvalue weighted by atomic mass is 10.2. The maximum atomic E-state index is 13.4. The second kappa shape index (κ2) is 7.54. The topological polar surface area (TPSA) is 49.4 Å². The Morgan fingerprint density at radius 1 is 1.13 bits per heavy atom. The molecule has 0 saturated heterocycles. The van der Waals surface area contributed by atoms with Gasteiger partial charge in [-0.1, -0.05) is 48.0 Å². The fourth-order valence-electron chi connectivity index (χ4n) is 2.20. The molecule has 5 heteroatoms. The third kappa shape index (κ3) is 4.39. The van der Waals surface area contributed by atoms with Gasteiger partial charge in [0.1, 0.15) is 0 Å². The molecule has 0 aromatic heterocycles. The van der Waals surface area contributed by atoms with Crippen molar-refractivity contribution in [2.24, 2.45) is 0 Å². The van der Waals surface area contributed by atoms with E-state index in [9.17, 15) is 14.0 Å². The van der Waals surface area contributed by atoms with Gasteiger partial charge in [0.25, 0.3) is 5.91 Å². The molecule has 0 fully saturated rings. The normalized spacial score (nSPS) is 16.4. The molecule has 1 aliphatic heterocycles. The number of benzene rings is 2. The molecule has 1 atom stereocenters. The van der Waals surface area contributed by atoms with E-state index in [1.54, 1.807) is 24.3 Å². The number of rotatable bonds is 0. The Balaban J connectivity index is 0.000000229. The Labute approximate surface area is 134 Å². The molecular weight excluding hydrogens is 295 g/mol. The molecule has 0 bridgehead atoms. The maximum Gasteiger partial charge on any atom is 0.260 e. The molecule has 2 amide bonds. The molecule has 1 heterocycles. The number of amides is 2. The predicted octanol–water partition coefficient (Wildman–Crippen LogP) is 3.32. The van der Waals surface area contributed by atoms with Crippen molar-refractivity contribution in [1.82, 2.24) is 0 Å². The van der Waals surface area contributed by atoms with Crippen LogP contribution in [0.5, 0.6) is 0 Å². The van der Waals surface area contributed by atoms with Crippen molar-refractivity contribution >= 4 is 23.2 Å². The molecule has 0 saturated carbocycles. The molecule has 120 valence electrons. The Kier molecular flexibility index (Phi) is 5.46. The number of hydrogen-bond acceptors (Lipinski definition) is 2. The molecule has 23 heavy (non-hydrogen) atoms. The Bertz CT molecular complexity index is 688. The highest BCUT2D eigenvalue weighted by Gasteiger charge is 2.29. The summed E-state index contributed by atoms with van der Waals surface area (Å²) in [4.78, 5) is 24.0. The lowest BCUT2D eigenvalue weighted by molar-refractivity contribution is -0.120. The molecule has 4 nitrogen and oxygen atoms in total. The molecule has 1 aliphatic rings. The largest absolute Gasteiger partial charge is 0.322 e. The number of carbonyl (C=O) groups excluding carboxylic acids is 2. The van der Waals surface area contributed by atoms with Crippen molar-refractivity contribution in [3.8, 4) is 0 Å². The van der Waals surface area contributed by atoms with Crippen LogP contribution in [0.15, 0.2) is 54.6 Å². The summed E-state index contributed by atoms with van der Waals surface area (Å²) in [5.41, 5.74) is 2.31. The van der Waals surface area contributed by atoms with Gasteiger partial charge < -0.3 is 10.2 Å². The highest BCUT2D eigenvalue weighted by atomic mass is 19.1. The number of alkyl halides is 1. The molecule has 0 aliphatic carbocycles. The second-order valence-corrected chi connectivity index (χ2v) is 5.26. The minimum Gasteiger partial charge on any atom is -0.322 e. The van der Waals surface area contributed by atoms with E-state index in [0.29, 0.717) is 11.4 Å². The standard InChI is InChI=1S/C11H11FN2O2.C7H8/c1-7(15)14-6-8(12)11(16)13-9-4-2-3-5-10(9)14;1-7-5-3-2-4-6-7/h2-5,8H,6H2,1H3,(H,13,16);2-6H,1H3/t8-;/m0./s1. The van der Waals surface area contributed by atoms with Gasteiger partial charge in [-0.3, -0.25) is 9.59 Å². The highest BCUT2D eigenvalue weighted by molar-refractivity contribution is 6.04. The average Bonchev–Trinajstić information content (AvgIpc) is 2.66. The van der Waals surface area contributed by atoms with Gasteiger partial charge in [-0.05, 0) is 19.1 Å². The van der Waals surface area contributed by atoms with Crippen LogP contribution in [0, 0.1) is 6.92 Å². The third-order valence-electron chi connectivity index (χ3n) is 3.40. The number of carbonyl (C=O) groups is 2. The Morgan fingerprint density at radius 3 is 2.30 bits per heavy atom. The van der Waals surface area contributed by atoms with Crippen molar-refractivity contribution < 1.29 is 14.0 Å². The van der Waals surface area contributed by atoms with Crippen LogP contribution in [0.2, 0.25) is 0 Å². The number of halogens is 1. The van der Waals surface area contributed by atoms with Crippen LogP contribution in [0.1, 0.15) is 12.5 Å². The first-order valence-electron chi connectivity index (χ1n) is 7.32. The first-order chi connectivity index (χ1) is 11.0. The molecule has 1 N–H and O–H groups in total. The van der Waals surface area contributed by atoms with Crippen molar-refractivity contribution in [2.45, 2.75) is 20.0 Å². The van der Waals surface area contributed by atoms with E-state index in [0.717, 1.165) is 0 Å². The minimum absolute atomic E-state index is 0.238. The molecule has 0 radical (unpaired) electrons. The van der Waals surface area contributed by atoms with Gasteiger partial charge in [-0.25, -0.2) is 4.39 Å². The molecule has 3 rings (SSSR count). The predicted molar refractivity (Wildman–Crippen MR) is 89.2 cm³/mol. The van der Waals surface area contributed by atoms with Gasteiger partial charge in [0.2, 0.25) is 5.91 Å². The van der Waals surface area contributed by atoms with E-state index in [4.69, 9.17) is 0 Å². The van der Waals surface area contributed by atoms with Crippen LogP contribution in [-0.2, 0) is 9.59 Å². The van der Waals surface area contributed by atoms with Crippen LogP contribution < -0.4 is 10.2 Å². The van der Waals surface area contributed by atoms with Gasteiger partial charge in [0.15, 0.2) is 6.17 Å². The first-order valence-corrected chi connectivity index (χ1v) is 7.32. The quantitative estimate of drug-likeness (QED) is 0.811. The second-order valence-electron chi connectivity index (χ2n) is 5.26. The van der Waals surface area contributed by atoms with E-state index >= 15 is 0 Å². The summed E-state index contributed by atoms with van der Waals surface area (Å²) in [6.45, 7) is 3.19. The summed E-state index contributed by atoms with van der Waals surface area (Å²) in [7, 11) is 0. The van der Waals surface area contributed by atoms with E-state index in [-0.39, 0.29) is 12.5 Å². The molecule has 2 aromatic rings. The number of nitrogens with zero attached hydrogens (tertiary/aromatic N) is 1. The van der Waals surface area contributed by atoms with Crippen LogP contribution in [0.4, 0.5) is 15.8 Å². The molecule has 0 unspecified atom stereocenters. The fraction of sp³-hybridized carbons (Fsp3) is 0.222. The molecular formula is C18H19FN2O2. The number of para-hydroxylation sites is 2. The van der Waals surface area contributed by atoms with Gasteiger partial charge >= 0.3 is 0 Å². The lowest BCUT2D eigenvalue weighted by Crippen LogP contribution is -2.36. The zero-order valence-corrected chi connectivity index (χ0v) is 13.1. The van der Waals surface area contributed by atoms with E-state index in [1.165, 1.54) is 17.4 Å². The van der Waals surface area contributed by atoms with Crippen molar-refractivity contribution in [3.63, 3.8) is 0 Å².